The summed E-state index contributed by atoms with van der Waals surface area (Å²) in [4.78, 5) is 22.4. The van der Waals surface area contributed by atoms with Gasteiger partial charge in [0.15, 0.2) is 5.78 Å². The summed E-state index contributed by atoms with van der Waals surface area (Å²) in [7, 11) is -3.77. The first-order valence-corrected chi connectivity index (χ1v) is 8.09. The molecule has 0 radical (unpaired) electrons. The third kappa shape index (κ3) is 3.14. The van der Waals surface area contributed by atoms with Crippen LogP contribution in [0.15, 0.2) is 29.2 Å². The SMILES string of the molecule is CC(=O)c1ccc(S(=O)(=O)NCC2(C(=O)O)CCC2)cc1. The summed E-state index contributed by atoms with van der Waals surface area (Å²) in [5.41, 5.74) is -0.554. The first-order valence-electron chi connectivity index (χ1n) is 6.61. The van der Waals surface area contributed by atoms with Crippen molar-refractivity contribution in [2.45, 2.75) is 31.1 Å². The van der Waals surface area contributed by atoms with Gasteiger partial charge < -0.3 is 5.11 Å². The summed E-state index contributed by atoms with van der Waals surface area (Å²) in [6.07, 6.45) is 1.75. The Morgan fingerprint density at radius 3 is 2.19 bits per heavy atom. The van der Waals surface area contributed by atoms with E-state index in [1.165, 1.54) is 31.2 Å². The van der Waals surface area contributed by atoms with Gasteiger partial charge in [-0.15, -0.1) is 0 Å². The molecule has 0 bridgehead atoms. The zero-order valence-corrected chi connectivity index (χ0v) is 12.4. The first kappa shape index (κ1) is 15.7. The minimum atomic E-state index is -3.77. The fourth-order valence-corrected chi connectivity index (χ4v) is 3.38. The third-order valence-corrected chi connectivity index (χ3v) is 5.35. The highest BCUT2D eigenvalue weighted by Gasteiger charge is 2.44. The number of carbonyl (C=O) groups is 2. The Kier molecular flexibility index (Phi) is 4.15. The van der Waals surface area contributed by atoms with Crippen molar-refractivity contribution in [1.29, 1.82) is 0 Å². The van der Waals surface area contributed by atoms with Crippen LogP contribution in [0.5, 0.6) is 0 Å². The molecule has 2 N–H and O–H groups in total. The van der Waals surface area contributed by atoms with Crippen molar-refractivity contribution in [2.24, 2.45) is 5.41 Å². The van der Waals surface area contributed by atoms with Crippen LogP contribution in [0.25, 0.3) is 0 Å². The van der Waals surface area contributed by atoms with E-state index in [2.05, 4.69) is 4.72 Å². The Morgan fingerprint density at radius 2 is 1.81 bits per heavy atom. The van der Waals surface area contributed by atoms with Gasteiger partial charge in [0.1, 0.15) is 0 Å². The van der Waals surface area contributed by atoms with Crippen molar-refractivity contribution in [3.05, 3.63) is 29.8 Å². The highest BCUT2D eigenvalue weighted by atomic mass is 32.2. The average Bonchev–Trinajstić information content (AvgIpc) is 2.37. The van der Waals surface area contributed by atoms with Gasteiger partial charge in [-0.1, -0.05) is 18.6 Å². The van der Waals surface area contributed by atoms with Crippen molar-refractivity contribution in [3.63, 3.8) is 0 Å². The van der Waals surface area contributed by atoms with Gasteiger partial charge in [-0.2, -0.15) is 0 Å². The van der Waals surface area contributed by atoms with Crippen LogP contribution in [-0.2, 0) is 14.8 Å². The molecule has 0 amide bonds. The molecule has 1 saturated carbocycles. The van der Waals surface area contributed by atoms with Crippen LogP contribution in [0, 0.1) is 5.41 Å². The molecular weight excluding hydrogens is 294 g/mol. The standard InChI is InChI=1S/C14H17NO5S/c1-10(16)11-3-5-12(6-4-11)21(19,20)15-9-14(13(17)18)7-2-8-14/h3-6,15H,2,7-9H2,1H3,(H,17,18). The lowest BCUT2D eigenvalue weighted by Crippen LogP contribution is -2.47. The molecule has 0 unspecified atom stereocenters. The summed E-state index contributed by atoms with van der Waals surface area (Å²) in [6.45, 7) is 1.29. The molecule has 21 heavy (non-hydrogen) atoms. The fourth-order valence-electron chi connectivity index (χ4n) is 2.26. The van der Waals surface area contributed by atoms with Crippen molar-refractivity contribution in [1.82, 2.24) is 4.72 Å². The minimum absolute atomic E-state index is 0.0207. The van der Waals surface area contributed by atoms with Gasteiger partial charge in [0.25, 0.3) is 0 Å². The van der Waals surface area contributed by atoms with E-state index >= 15 is 0 Å². The zero-order valence-electron chi connectivity index (χ0n) is 11.6. The number of hydrogen-bond donors (Lipinski definition) is 2. The fraction of sp³-hybridized carbons (Fsp3) is 0.429. The van der Waals surface area contributed by atoms with Gasteiger partial charge in [-0.3, -0.25) is 9.59 Å². The quantitative estimate of drug-likeness (QED) is 0.774. The maximum atomic E-state index is 12.1. The lowest BCUT2D eigenvalue weighted by Gasteiger charge is -2.37. The van der Waals surface area contributed by atoms with Crippen molar-refractivity contribution < 1.29 is 23.1 Å². The van der Waals surface area contributed by atoms with Crippen LogP contribution in [-0.4, -0.2) is 31.8 Å². The predicted molar refractivity (Wildman–Crippen MR) is 75.6 cm³/mol. The molecule has 1 aliphatic carbocycles. The zero-order chi connectivity index (χ0) is 15.7. The predicted octanol–water partition coefficient (Wildman–Crippen LogP) is 1.42. The molecule has 1 fully saturated rings. The van der Waals surface area contributed by atoms with E-state index < -0.39 is 21.4 Å². The van der Waals surface area contributed by atoms with Gasteiger partial charge >= 0.3 is 5.97 Å². The Labute approximate surface area is 123 Å². The van der Waals surface area contributed by atoms with Gasteiger partial charge in [0.05, 0.1) is 10.3 Å². The lowest BCUT2D eigenvalue weighted by atomic mass is 9.69. The van der Waals surface area contributed by atoms with Crippen LogP contribution in [0.1, 0.15) is 36.5 Å². The Morgan fingerprint density at radius 1 is 1.24 bits per heavy atom. The number of hydrogen-bond acceptors (Lipinski definition) is 4. The maximum Gasteiger partial charge on any atom is 0.310 e. The molecule has 114 valence electrons. The summed E-state index contributed by atoms with van der Waals surface area (Å²) >= 11 is 0. The number of benzene rings is 1. The van der Waals surface area contributed by atoms with Gasteiger partial charge in [-0.25, -0.2) is 13.1 Å². The Balaban J connectivity index is 2.11. The topological polar surface area (TPSA) is 101 Å². The number of ketones is 1. The third-order valence-electron chi connectivity index (χ3n) is 3.94. The Hall–Kier alpha value is -1.73. The Bertz CT molecular complexity index is 659. The van der Waals surface area contributed by atoms with Crippen LogP contribution < -0.4 is 4.72 Å². The van der Waals surface area contributed by atoms with Crippen LogP contribution >= 0.6 is 0 Å². The second kappa shape index (κ2) is 5.57. The molecule has 1 aromatic rings. The monoisotopic (exact) mass is 311 g/mol. The molecular formula is C14H17NO5S. The summed E-state index contributed by atoms with van der Waals surface area (Å²) in [6, 6.07) is 5.56. The van der Waals surface area contributed by atoms with E-state index in [0.29, 0.717) is 18.4 Å². The molecule has 2 rings (SSSR count). The average molecular weight is 311 g/mol. The summed E-state index contributed by atoms with van der Waals surface area (Å²) < 4.78 is 26.6. The lowest BCUT2D eigenvalue weighted by molar-refractivity contribution is -0.153. The van der Waals surface area contributed by atoms with E-state index in [1.807, 2.05) is 0 Å². The summed E-state index contributed by atoms with van der Waals surface area (Å²) in [5, 5.41) is 9.18. The van der Waals surface area contributed by atoms with Crippen LogP contribution in [0.2, 0.25) is 0 Å². The van der Waals surface area contributed by atoms with E-state index in [9.17, 15) is 23.1 Å². The molecule has 6 nitrogen and oxygen atoms in total. The van der Waals surface area contributed by atoms with Crippen molar-refractivity contribution >= 4 is 21.8 Å². The number of Topliss-reactive ketones (excluding diaryl/α,β-unsaturated/α-hetero) is 1. The highest BCUT2D eigenvalue weighted by Crippen LogP contribution is 2.40. The highest BCUT2D eigenvalue weighted by molar-refractivity contribution is 7.89. The van der Waals surface area contributed by atoms with Crippen LogP contribution in [0.4, 0.5) is 0 Å². The van der Waals surface area contributed by atoms with E-state index in [4.69, 9.17) is 0 Å². The smallest absolute Gasteiger partial charge is 0.310 e. The molecule has 1 aliphatic rings. The van der Waals surface area contributed by atoms with E-state index in [1.54, 1.807) is 0 Å². The number of rotatable bonds is 6. The number of nitrogens with one attached hydrogen (secondary N) is 1. The molecule has 0 aliphatic heterocycles. The number of carboxylic acids is 1. The normalized spacial score (nSPS) is 17.0. The minimum Gasteiger partial charge on any atom is -0.481 e. The van der Waals surface area contributed by atoms with Gasteiger partial charge in [-0.05, 0) is 31.9 Å². The maximum absolute atomic E-state index is 12.1. The van der Waals surface area contributed by atoms with Crippen molar-refractivity contribution in [3.8, 4) is 0 Å². The van der Waals surface area contributed by atoms with E-state index in [0.717, 1.165) is 6.42 Å². The molecule has 7 heteroatoms. The number of sulfonamides is 1. The number of carboxylic acid groups (broad SMARTS) is 1. The summed E-state index contributed by atoms with van der Waals surface area (Å²) in [5.74, 6) is -1.12. The second-order valence-electron chi connectivity index (χ2n) is 5.34. The number of carbonyl (C=O) groups excluding carboxylic acids is 1. The molecule has 0 heterocycles. The molecule has 1 aromatic carbocycles. The molecule has 0 spiro atoms. The largest absolute Gasteiger partial charge is 0.481 e. The van der Waals surface area contributed by atoms with Crippen LogP contribution in [0.3, 0.4) is 0 Å². The first-order chi connectivity index (χ1) is 9.77. The van der Waals surface area contributed by atoms with E-state index in [-0.39, 0.29) is 17.2 Å². The molecule has 0 aromatic heterocycles. The van der Waals surface area contributed by atoms with Gasteiger partial charge in [0.2, 0.25) is 10.0 Å². The molecule has 0 atom stereocenters. The van der Waals surface area contributed by atoms with Crippen molar-refractivity contribution in [2.75, 3.05) is 6.54 Å². The number of aliphatic carboxylic acids is 1. The second-order valence-corrected chi connectivity index (χ2v) is 7.11. The van der Waals surface area contributed by atoms with Gasteiger partial charge in [0, 0.05) is 12.1 Å². The molecule has 0 saturated heterocycles.